The van der Waals surface area contributed by atoms with Gasteiger partial charge in [-0.1, -0.05) is 24.3 Å². The molecule has 1 saturated carbocycles. The van der Waals surface area contributed by atoms with Gasteiger partial charge in [-0.25, -0.2) is 4.98 Å². The summed E-state index contributed by atoms with van der Waals surface area (Å²) in [6.07, 6.45) is -2.19. The molecule has 1 aliphatic carbocycles. The molecule has 3 aromatic rings. The van der Waals surface area contributed by atoms with Gasteiger partial charge in [-0.3, -0.25) is 16.0 Å². The molecule has 9 heteroatoms. The Kier molecular flexibility index (Phi) is 4.30. The highest BCUT2D eigenvalue weighted by Gasteiger charge is 2.52. The van der Waals surface area contributed by atoms with Crippen molar-refractivity contribution in [3.63, 3.8) is 0 Å². The number of rotatable bonds is 5. The number of nitrogen functional groups attached to an aromatic ring is 1. The number of benzene rings is 2. The van der Waals surface area contributed by atoms with Crippen LogP contribution in [0.2, 0.25) is 0 Å². The average Bonchev–Trinajstić information content (AvgIpc) is 3.51. The van der Waals surface area contributed by atoms with Crippen LogP contribution >= 0.6 is 0 Å². The molecule has 0 unspecified atom stereocenters. The molecule has 1 amide bonds. The predicted molar refractivity (Wildman–Crippen MR) is 113 cm³/mol. The van der Waals surface area contributed by atoms with Crippen LogP contribution in [0.5, 0.6) is 5.75 Å². The number of hydrogen-bond acceptors (Lipinski definition) is 6. The number of alkyl halides is 2. The van der Waals surface area contributed by atoms with Crippen molar-refractivity contribution >= 4 is 23.1 Å². The number of aromatic nitrogens is 1. The van der Waals surface area contributed by atoms with Gasteiger partial charge in [0.05, 0.1) is 16.8 Å². The minimum absolute atomic E-state index is 0.0650. The molecule has 2 aromatic carbocycles. The first-order valence-corrected chi connectivity index (χ1v) is 9.74. The van der Waals surface area contributed by atoms with E-state index >= 15 is 0 Å². The molecule has 5 N–H and O–H groups in total. The maximum Gasteiger partial charge on any atom is 0.494 e. The molecule has 0 radical (unpaired) electrons. The summed E-state index contributed by atoms with van der Waals surface area (Å²) in [5, 5.41) is 4.90. The standard InChI is InChI=1S/C22H19F2N5O2/c23-22(24)28-17-12-14(6-9-18(17)31-22)21(10-11-21)20(30)27-19-3-1-2-16(26-19)13-4-7-15(29-25)8-5-13/h1-9,12,28-29H,10-11,25H2,(H,26,27,30). The third-order valence-electron chi connectivity index (χ3n) is 5.57. The summed E-state index contributed by atoms with van der Waals surface area (Å²) >= 11 is 0. The first kappa shape index (κ1) is 19.3. The van der Waals surface area contributed by atoms with Crippen molar-refractivity contribution in [2.45, 2.75) is 24.5 Å². The number of anilines is 3. The van der Waals surface area contributed by atoms with Crippen molar-refractivity contribution in [2.24, 2.45) is 5.84 Å². The molecule has 0 saturated heterocycles. The molecule has 158 valence electrons. The van der Waals surface area contributed by atoms with E-state index in [2.05, 4.69) is 20.5 Å². The van der Waals surface area contributed by atoms with Crippen molar-refractivity contribution in [3.8, 4) is 17.0 Å². The maximum absolute atomic E-state index is 13.4. The normalized spacial score (nSPS) is 17.1. The summed E-state index contributed by atoms with van der Waals surface area (Å²) in [4.78, 5) is 17.6. The van der Waals surface area contributed by atoms with Gasteiger partial charge in [0, 0.05) is 11.3 Å². The lowest BCUT2D eigenvalue weighted by molar-refractivity contribution is -0.138. The lowest BCUT2D eigenvalue weighted by atomic mass is 9.94. The van der Waals surface area contributed by atoms with Gasteiger partial charge in [0.2, 0.25) is 5.91 Å². The smallest absolute Gasteiger partial charge is 0.413 e. The van der Waals surface area contributed by atoms with Gasteiger partial charge < -0.3 is 15.5 Å². The van der Waals surface area contributed by atoms with Crippen LogP contribution in [-0.4, -0.2) is 17.1 Å². The molecule has 1 fully saturated rings. The second kappa shape index (κ2) is 6.92. The second-order valence-corrected chi connectivity index (χ2v) is 7.62. The fourth-order valence-corrected chi connectivity index (χ4v) is 3.74. The number of amides is 1. The van der Waals surface area contributed by atoms with Crippen LogP contribution in [0.15, 0.2) is 60.7 Å². The highest BCUT2D eigenvalue weighted by Crippen LogP contribution is 2.51. The van der Waals surface area contributed by atoms with E-state index in [9.17, 15) is 13.6 Å². The number of nitrogens with zero attached hydrogens (tertiary/aromatic N) is 1. The van der Waals surface area contributed by atoms with Crippen LogP contribution in [0.3, 0.4) is 0 Å². The molecule has 0 spiro atoms. The van der Waals surface area contributed by atoms with E-state index in [1.807, 2.05) is 41.7 Å². The van der Waals surface area contributed by atoms with E-state index in [-0.39, 0.29) is 17.3 Å². The molecule has 31 heavy (non-hydrogen) atoms. The number of ether oxygens (including phenoxy) is 1. The largest absolute Gasteiger partial charge is 0.494 e. The highest BCUT2D eigenvalue weighted by atomic mass is 19.3. The Hall–Kier alpha value is -3.72. The number of hydrogen-bond donors (Lipinski definition) is 4. The zero-order valence-electron chi connectivity index (χ0n) is 16.3. The Morgan fingerprint density at radius 2 is 1.87 bits per heavy atom. The van der Waals surface area contributed by atoms with Crippen LogP contribution in [0, 0.1) is 0 Å². The van der Waals surface area contributed by atoms with Crippen molar-refractivity contribution in [1.29, 1.82) is 0 Å². The Morgan fingerprint density at radius 3 is 2.58 bits per heavy atom. The molecule has 5 rings (SSSR count). The molecule has 1 aromatic heterocycles. The lowest BCUT2D eigenvalue weighted by Gasteiger charge is -2.16. The minimum Gasteiger partial charge on any atom is -0.413 e. The molecule has 7 nitrogen and oxygen atoms in total. The Balaban J connectivity index is 1.36. The molecule has 2 heterocycles. The SMILES string of the molecule is NNc1ccc(-c2cccc(NC(=O)C3(c4ccc5c(c4)NC(F)(F)O5)CC3)n2)cc1. The zero-order chi connectivity index (χ0) is 21.6. The van der Waals surface area contributed by atoms with Gasteiger partial charge in [0.1, 0.15) is 5.82 Å². The number of carbonyl (C=O) groups excluding carboxylic acids is 1. The summed E-state index contributed by atoms with van der Waals surface area (Å²) in [5.41, 5.74) is 5.00. The summed E-state index contributed by atoms with van der Waals surface area (Å²) in [6.45, 7) is 0. The van der Waals surface area contributed by atoms with Gasteiger partial charge in [-0.2, -0.15) is 0 Å². The first-order valence-electron chi connectivity index (χ1n) is 9.74. The number of hydrazine groups is 1. The summed E-state index contributed by atoms with van der Waals surface area (Å²) in [5.74, 6) is 5.66. The average molecular weight is 423 g/mol. The summed E-state index contributed by atoms with van der Waals surface area (Å²) in [6, 6.07) is 17.5. The molecular weight excluding hydrogens is 404 g/mol. The monoisotopic (exact) mass is 423 g/mol. The quantitative estimate of drug-likeness (QED) is 0.281. The molecule has 1 aliphatic heterocycles. The molecular formula is C22H19F2N5O2. The van der Waals surface area contributed by atoms with Gasteiger partial charge >= 0.3 is 6.23 Å². The van der Waals surface area contributed by atoms with Crippen molar-refractivity contribution in [1.82, 2.24) is 4.98 Å². The number of nitrogens with one attached hydrogen (secondary N) is 3. The Labute approximate surface area is 176 Å². The molecule has 0 atom stereocenters. The summed E-state index contributed by atoms with van der Waals surface area (Å²) in [7, 11) is 0. The number of nitrogens with two attached hydrogens (primary N) is 1. The van der Waals surface area contributed by atoms with Crippen LogP contribution < -0.4 is 26.6 Å². The van der Waals surface area contributed by atoms with Crippen LogP contribution in [0.4, 0.5) is 26.0 Å². The topological polar surface area (TPSA) is 101 Å². The number of fused-ring (bicyclic) bond motifs is 1. The van der Waals surface area contributed by atoms with Gasteiger partial charge in [0.25, 0.3) is 0 Å². The van der Waals surface area contributed by atoms with E-state index in [4.69, 9.17) is 5.84 Å². The summed E-state index contributed by atoms with van der Waals surface area (Å²) < 4.78 is 31.4. The lowest BCUT2D eigenvalue weighted by Crippen LogP contribution is -2.29. The second-order valence-electron chi connectivity index (χ2n) is 7.62. The highest BCUT2D eigenvalue weighted by molar-refractivity contribution is 6.01. The molecule has 0 bridgehead atoms. The number of pyridine rings is 1. The van der Waals surface area contributed by atoms with Crippen molar-refractivity contribution < 1.29 is 18.3 Å². The van der Waals surface area contributed by atoms with Crippen LogP contribution in [0.1, 0.15) is 18.4 Å². The first-order chi connectivity index (χ1) is 14.9. The fourth-order valence-electron chi connectivity index (χ4n) is 3.74. The van der Waals surface area contributed by atoms with Crippen molar-refractivity contribution in [2.75, 3.05) is 16.1 Å². The van der Waals surface area contributed by atoms with E-state index in [1.165, 1.54) is 6.07 Å². The predicted octanol–water partition coefficient (Wildman–Crippen LogP) is 4.06. The van der Waals surface area contributed by atoms with Gasteiger partial charge in [-0.15, -0.1) is 8.78 Å². The number of carbonyl (C=O) groups is 1. The third-order valence-corrected chi connectivity index (χ3v) is 5.57. The fraction of sp³-hybridized carbons (Fsp3) is 0.182. The maximum atomic E-state index is 13.4. The zero-order valence-corrected chi connectivity index (χ0v) is 16.3. The van der Waals surface area contributed by atoms with E-state index < -0.39 is 11.6 Å². The minimum atomic E-state index is -3.44. The molecule has 2 aliphatic rings. The third kappa shape index (κ3) is 3.53. The van der Waals surface area contributed by atoms with E-state index in [1.54, 1.807) is 18.2 Å². The Morgan fingerprint density at radius 1 is 1.10 bits per heavy atom. The number of halogens is 2. The van der Waals surface area contributed by atoms with Gasteiger partial charge in [-0.05, 0) is 54.8 Å². The van der Waals surface area contributed by atoms with Crippen LogP contribution in [-0.2, 0) is 10.2 Å². The Bertz CT molecular complexity index is 1160. The van der Waals surface area contributed by atoms with Crippen molar-refractivity contribution in [3.05, 3.63) is 66.2 Å². The van der Waals surface area contributed by atoms with E-state index in [0.717, 1.165) is 11.3 Å². The van der Waals surface area contributed by atoms with Crippen LogP contribution in [0.25, 0.3) is 11.3 Å². The van der Waals surface area contributed by atoms with E-state index in [0.29, 0.717) is 29.9 Å². The van der Waals surface area contributed by atoms with Gasteiger partial charge in [0.15, 0.2) is 5.75 Å².